The first-order chi connectivity index (χ1) is 7.25. The Hall–Kier alpha value is -1.35. The number of benzene rings is 1. The van der Waals surface area contributed by atoms with Crippen LogP contribution in [-0.4, -0.2) is 19.5 Å². The van der Waals surface area contributed by atoms with Gasteiger partial charge < -0.3 is 11.1 Å². The van der Waals surface area contributed by atoms with Crippen LogP contribution in [0.4, 0.5) is 0 Å². The fourth-order valence-corrected chi connectivity index (χ4v) is 2.34. The number of amides is 1. The monoisotopic (exact) mass is 204 g/mol. The first kappa shape index (κ1) is 10.2. The first-order valence-electron chi connectivity index (χ1n) is 5.23. The molecule has 0 heterocycles. The summed E-state index contributed by atoms with van der Waals surface area (Å²) in [6.07, 6.45) is 0.868. The normalized spacial score (nSPS) is 28.5. The summed E-state index contributed by atoms with van der Waals surface area (Å²) in [6, 6.07) is 9.90. The molecule has 0 saturated heterocycles. The van der Waals surface area contributed by atoms with Crippen LogP contribution in [0.15, 0.2) is 30.3 Å². The molecule has 1 aliphatic carbocycles. The van der Waals surface area contributed by atoms with Crippen molar-refractivity contribution in [2.45, 2.75) is 11.8 Å². The van der Waals surface area contributed by atoms with E-state index in [1.54, 1.807) is 7.05 Å². The molecule has 3 heteroatoms. The minimum absolute atomic E-state index is 0.0872. The average Bonchev–Trinajstić information content (AvgIpc) is 3.05. The number of hydrogen-bond donors (Lipinski definition) is 2. The zero-order chi connectivity index (χ0) is 10.9. The van der Waals surface area contributed by atoms with E-state index in [1.807, 2.05) is 30.3 Å². The smallest absolute Gasteiger partial charge is 0.230 e. The maximum atomic E-state index is 11.9. The van der Waals surface area contributed by atoms with E-state index in [1.165, 1.54) is 0 Å². The van der Waals surface area contributed by atoms with Gasteiger partial charge in [-0.3, -0.25) is 4.79 Å². The van der Waals surface area contributed by atoms with Crippen LogP contribution in [0.3, 0.4) is 0 Å². The molecule has 15 heavy (non-hydrogen) atoms. The van der Waals surface area contributed by atoms with Gasteiger partial charge in [-0.1, -0.05) is 30.3 Å². The number of hydrogen-bond acceptors (Lipinski definition) is 2. The van der Waals surface area contributed by atoms with E-state index >= 15 is 0 Å². The van der Waals surface area contributed by atoms with Crippen LogP contribution in [0.25, 0.3) is 0 Å². The highest BCUT2D eigenvalue weighted by Crippen LogP contribution is 2.53. The van der Waals surface area contributed by atoms with Gasteiger partial charge in [0.1, 0.15) is 0 Å². The number of nitrogens with two attached hydrogens (primary N) is 1. The molecule has 1 aromatic rings. The molecule has 3 nitrogen and oxygen atoms in total. The van der Waals surface area contributed by atoms with E-state index in [0.717, 1.165) is 12.0 Å². The standard InChI is InChI=1S/C12H16N2O/c1-14-11(15)12(7-10(12)8-13)9-5-3-2-4-6-9/h2-6,10H,7-8,13H2,1H3,(H,14,15)/t10-,12+/m0/s1. The highest BCUT2D eigenvalue weighted by atomic mass is 16.2. The second-order valence-corrected chi connectivity index (χ2v) is 4.05. The molecule has 0 bridgehead atoms. The van der Waals surface area contributed by atoms with Gasteiger partial charge in [-0.05, 0) is 24.4 Å². The lowest BCUT2D eigenvalue weighted by Gasteiger charge is -2.15. The van der Waals surface area contributed by atoms with E-state index in [2.05, 4.69) is 5.32 Å². The molecule has 0 unspecified atom stereocenters. The zero-order valence-electron chi connectivity index (χ0n) is 8.86. The van der Waals surface area contributed by atoms with E-state index in [-0.39, 0.29) is 11.3 Å². The van der Waals surface area contributed by atoms with Gasteiger partial charge in [-0.25, -0.2) is 0 Å². The molecule has 0 aromatic heterocycles. The molecule has 3 N–H and O–H groups in total. The van der Waals surface area contributed by atoms with Crippen LogP contribution in [0.2, 0.25) is 0 Å². The second-order valence-electron chi connectivity index (χ2n) is 4.05. The van der Waals surface area contributed by atoms with Crippen molar-refractivity contribution in [2.75, 3.05) is 13.6 Å². The Kier molecular flexibility index (Phi) is 2.49. The topological polar surface area (TPSA) is 55.1 Å². The summed E-state index contributed by atoms with van der Waals surface area (Å²) in [7, 11) is 1.68. The number of carbonyl (C=O) groups excluding carboxylic acids is 1. The summed E-state index contributed by atoms with van der Waals surface area (Å²) >= 11 is 0. The largest absolute Gasteiger partial charge is 0.358 e. The highest BCUT2D eigenvalue weighted by Gasteiger charge is 2.59. The molecule has 1 aliphatic rings. The lowest BCUT2D eigenvalue weighted by atomic mass is 9.92. The summed E-state index contributed by atoms with van der Waals surface area (Å²) in [5.41, 5.74) is 6.39. The third kappa shape index (κ3) is 1.43. The van der Waals surface area contributed by atoms with Crippen LogP contribution in [0.1, 0.15) is 12.0 Å². The van der Waals surface area contributed by atoms with Crippen LogP contribution in [0, 0.1) is 5.92 Å². The van der Waals surface area contributed by atoms with E-state index in [9.17, 15) is 4.79 Å². The number of carbonyl (C=O) groups is 1. The third-order valence-corrected chi connectivity index (χ3v) is 3.31. The van der Waals surface area contributed by atoms with Crippen molar-refractivity contribution in [2.24, 2.45) is 11.7 Å². The fourth-order valence-electron chi connectivity index (χ4n) is 2.34. The molecular weight excluding hydrogens is 188 g/mol. The quantitative estimate of drug-likeness (QED) is 0.759. The molecule has 1 amide bonds. The number of nitrogens with one attached hydrogen (secondary N) is 1. The Morgan fingerprint density at radius 2 is 2.20 bits per heavy atom. The molecule has 0 spiro atoms. The highest BCUT2D eigenvalue weighted by molar-refractivity contribution is 5.91. The molecule has 2 rings (SSSR count). The van der Waals surface area contributed by atoms with Gasteiger partial charge >= 0.3 is 0 Å². The average molecular weight is 204 g/mol. The van der Waals surface area contributed by atoms with E-state index < -0.39 is 0 Å². The Balaban J connectivity index is 2.34. The van der Waals surface area contributed by atoms with Crippen molar-refractivity contribution in [3.63, 3.8) is 0 Å². The van der Waals surface area contributed by atoms with Crippen molar-refractivity contribution in [3.8, 4) is 0 Å². The summed E-state index contributed by atoms with van der Waals surface area (Å²) in [5.74, 6) is 0.379. The van der Waals surface area contributed by atoms with E-state index in [0.29, 0.717) is 12.5 Å². The lowest BCUT2D eigenvalue weighted by molar-refractivity contribution is -0.123. The SMILES string of the molecule is CNC(=O)[C@@]1(c2ccccc2)C[C@H]1CN. The molecular formula is C12H16N2O. The van der Waals surface area contributed by atoms with Gasteiger partial charge in [-0.2, -0.15) is 0 Å². The molecule has 2 atom stereocenters. The summed E-state index contributed by atoms with van der Waals surface area (Å²) in [5, 5.41) is 2.74. The van der Waals surface area contributed by atoms with Crippen LogP contribution < -0.4 is 11.1 Å². The minimum atomic E-state index is -0.356. The number of rotatable bonds is 3. The maximum Gasteiger partial charge on any atom is 0.230 e. The van der Waals surface area contributed by atoms with Gasteiger partial charge in [0.25, 0.3) is 0 Å². The van der Waals surface area contributed by atoms with Gasteiger partial charge in [0.2, 0.25) is 5.91 Å². The Morgan fingerprint density at radius 3 is 2.67 bits per heavy atom. The predicted octanol–water partition coefficient (Wildman–Crippen LogP) is 0.649. The maximum absolute atomic E-state index is 11.9. The molecule has 0 aliphatic heterocycles. The molecule has 80 valence electrons. The molecule has 0 radical (unpaired) electrons. The summed E-state index contributed by atoms with van der Waals surface area (Å²) < 4.78 is 0. The Morgan fingerprint density at radius 1 is 1.53 bits per heavy atom. The van der Waals surface area contributed by atoms with Crippen molar-refractivity contribution in [1.29, 1.82) is 0 Å². The van der Waals surface area contributed by atoms with Crippen molar-refractivity contribution in [3.05, 3.63) is 35.9 Å². The van der Waals surface area contributed by atoms with Crippen molar-refractivity contribution < 1.29 is 4.79 Å². The third-order valence-electron chi connectivity index (χ3n) is 3.31. The van der Waals surface area contributed by atoms with Crippen molar-refractivity contribution in [1.82, 2.24) is 5.32 Å². The predicted molar refractivity (Wildman–Crippen MR) is 59.3 cm³/mol. The zero-order valence-corrected chi connectivity index (χ0v) is 8.86. The fraction of sp³-hybridized carbons (Fsp3) is 0.417. The Labute approximate surface area is 89.7 Å². The Bertz CT molecular complexity index is 363. The molecule has 1 aromatic carbocycles. The second kappa shape index (κ2) is 3.66. The molecule has 1 fully saturated rings. The molecule has 1 saturated carbocycles. The summed E-state index contributed by atoms with van der Waals surface area (Å²) in [6.45, 7) is 0.572. The lowest BCUT2D eigenvalue weighted by Crippen LogP contribution is -2.34. The van der Waals surface area contributed by atoms with Gasteiger partial charge in [-0.15, -0.1) is 0 Å². The van der Waals surface area contributed by atoms with Crippen molar-refractivity contribution >= 4 is 5.91 Å². The first-order valence-corrected chi connectivity index (χ1v) is 5.23. The van der Waals surface area contributed by atoms with E-state index in [4.69, 9.17) is 5.73 Å². The number of likely N-dealkylation sites (N-methyl/N-ethyl adjacent to an activating group) is 1. The van der Waals surface area contributed by atoms with Gasteiger partial charge in [0, 0.05) is 7.05 Å². The minimum Gasteiger partial charge on any atom is -0.358 e. The summed E-state index contributed by atoms with van der Waals surface area (Å²) in [4.78, 5) is 11.9. The van der Waals surface area contributed by atoms with Gasteiger partial charge in [0.15, 0.2) is 0 Å². The van der Waals surface area contributed by atoms with Gasteiger partial charge in [0.05, 0.1) is 5.41 Å². The van der Waals surface area contributed by atoms with Crippen LogP contribution in [-0.2, 0) is 10.2 Å². The van der Waals surface area contributed by atoms with Crippen LogP contribution >= 0.6 is 0 Å². The van der Waals surface area contributed by atoms with Crippen LogP contribution in [0.5, 0.6) is 0 Å².